The molecule has 180 valence electrons. The molecule has 0 spiro atoms. The van der Waals surface area contributed by atoms with E-state index in [0.717, 1.165) is 71.3 Å². The predicted molar refractivity (Wildman–Crippen MR) is 148 cm³/mol. The number of carbonyl (C=O) groups excluding carboxylic acids is 1. The monoisotopic (exact) mass is 538 g/mol. The molecule has 0 bridgehead atoms. The van der Waals surface area contributed by atoms with Crippen LogP contribution in [0.1, 0.15) is 19.3 Å². The number of fused-ring (bicyclic) bond motifs is 2. The normalized spacial score (nSPS) is 17.9. The second-order valence-corrected chi connectivity index (χ2v) is 11.1. The zero-order valence-electron chi connectivity index (χ0n) is 20.0. The number of aromatic nitrogens is 3. The van der Waals surface area contributed by atoms with Crippen molar-refractivity contribution in [2.45, 2.75) is 25.8 Å². The van der Waals surface area contributed by atoms with Crippen LogP contribution in [-0.2, 0) is 11.3 Å². The number of nitrogens with one attached hydrogen (secondary N) is 1. The van der Waals surface area contributed by atoms with Gasteiger partial charge in [0, 0.05) is 47.3 Å². The summed E-state index contributed by atoms with van der Waals surface area (Å²) >= 11 is 3.78. The number of H-pyrrole nitrogens is 1. The molecule has 7 rings (SSSR count). The molecular formula is C30H27BrN4O. The lowest BCUT2D eigenvalue weighted by Crippen LogP contribution is -2.30. The topological polar surface area (TPSA) is 53.9 Å². The number of para-hydroxylation sites is 1. The third-order valence-corrected chi connectivity index (χ3v) is 8.35. The maximum atomic E-state index is 12.6. The molecule has 2 aliphatic rings. The Balaban J connectivity index is 1.22. The largest absolute Gasteiger partial charge is 0.361 e. The maximum absolute atomic E-state index is 12.6. The first-order chi connectivity index (χ1) is 17.6. The van der Waals surface area contributed by atoms with Crippen molar-refractivity contribution >= 4 is 43.8 Å². The summed E-state index contributed by atoms with van der Waals surface area (Å²) in [6, 6.07) is 23.6. The molecule has 0 radical (unpaired) electrons. The molecule has 1 N–H and O–H groups in total. The van der Waals surface area contributed by atoms with E-state index >= 15 is 0 Å². The van der Waals surface area contributed by atoms with Crippen molar-refractivity contribution in [2.24, 2.45) is 11.8 Å². The van der Waals surface area contributed by atoms with Gasteiger partial charge < -0.3 is 14.5 Å². The van der Waals surface area contributed by atoms with Crippen LogP contribution in [0.4, 0.5) is 0 Å². The lowest BCUT2D eigenvalue weighted by atomic mass is 10.0. The van der Waals surface area contributed by atoms with E-state index in [0.29, 0.717) is 17.7 Å². The molecule has 1 atom stereocenters. The fourth-order valence-corrected chi connectivity index (χ4v) is 6.18. The van der Waals surface area contributed by atoms with Crippen molar-refractivity contribution in [3.05, 3.63) is 77.4 Å². The van der Waals surface area contributed by atoms with Crippen LogP contribution in [0.15, 0.2) is 77.4 Å². The van der Waals surface area contributed by atoms with Gasteiger partial charge in [0.15, 0.2) is 0 Å². The average molecular weight is 539 g/mol. The standard InChI is InChI=1S/C30H27BrN4O/c31-25-2-1-3-26-28(25)35(18-19-13-15-34(17-19)30(36)23-9-10-23)29(33-26)22-7-4-20(5-8-22)24-11-6-21-12-14-32-27(21)16-24/h1-8,11-12,14,16,19,23,32H,9-10,13,15,17-18H2/t19-/m0/s1. The van der Waals surface area contributed by atoms with E-state index in [1.54, 1.807) is 0 Å². The summed E-state index contributed by atoms with van der Waals surface area (Å²) in [5, 5.41) is 1.22. The molecule has 1 saturated heterocycles. The molecule has 1 aliphatic heterocycles. The van der Waals surface area contributed by atoms with Crippen molar-refractivity contribution in [3.63, 3.8) is 0 Å². The number of halogens is 1. The Labute approximate surface area is 218 Å². The molecule has 1 amide bonds. The lowest BCUT2D eigenvalue weighted by Gasteiger charge is -2.18. The minimum atomic E-state index is 0.291. The number of likely N-dealkylation sites (tertiary alicyclic amines) is 1. The molecule has 5 nitrogen and oxygen atoms in total. The molecule has 1 aliphatic carbocycles. The SMILES string of the molecule is O=C(C1CC1)N1CC[C@H](Cn2c(-c3ccc(-c4ccc5cc[nH]c5c4)cc3)nc3cccc(Br)c32)C1. The second-order valence-electron chi connectivity index (χ2n) is 10.2. The number of benzene rings is 3. The Hall–Kier alpha value is -3.38. The van der Waals surface area contributed by atoms with Crippen molar-refractivity contribution < 1.29 is 4.79 Å². The number of rotatable bonds is 5. The molecule has 3 heterocycles. The van der Waals surface area contributed by atoms with Gasteiger partial charge in [-0.1, -0.05) is 42.5 Å². The van der Waals surface area contributed by atoms with Crippen LogP contribution in [-0.4, -0.2) is 38.4 Å². The van der Waals surface area contributed by atoms with Gasteiger partial charge in [-0.3, -0.25) is 4.79 Å². The van der Waals surface area contributed by atoms with Crippen LogP contribution in [0.25, 0.3) is 44.5 Å². The maximum Gasteiger partial charge on any atom is 0.225 e. The number of imidazole rings is 1. The van der Waals surface area contributed by atoms with Gasteiger partial charge in [0.1, 0.15) is 5.82 Å². The number of carbonyl (C=O) groups is 1. The van der Waals surface area contributed by atoms with Crippen LogP contribution in [0.5, 0.6) is 0 Å². The van der Waals surface area contributed by atoms with Crippen LogP contribution in [0.3, 0.4) is 0 Å². The summed E-state index contributed by atoms with van der Waals surface area (Å²) in [4.78, 5) is 23.1. The Morgan fingerprint density at radius 2 is 1.78 bits per heavy atom. The van der Waals surface area contributed by atoms with Gasteiger partial charge in [0.05, 0.1) is 11.0 Å². The Morgan fingerprint density at radius 3 is 2.61 bits per heavy atom. The van der Waals surface area contributed by atoms with E-state index in [9.17, 15) is 4.79 Å². The van der Waals surface area contributed by atoms with E-state index in [1.165, 1.54) is 16.5 Å². The molecule has 36 heavy (non-hydrogen) atoms. The van der Waals surface area contributed by atoms with Gasteiger partial charge in [-0.2, -0.15) is 0 Å². The van der Waals surface area contributed by atoms with E-state index in [4.69, 9.17) is 4.98 Å². The fraction of sp³-hybridized carbons (Fsp3) is 0.267. The molecule has 3 aromatic carbocycles. The highest BCUT2D eigenvalue weighted by Crippen LogP contribution is 2.35. The molecule has 6 heteroatoms. The van der Waals surface area contributed by atoms with Gasteiger partial charge in [-0.25, -0.2) is 4.98 Å². The van der Waals surface area contributed by atoms with Crippen LogP contribution in [0.2, 0.25) is 0 Å². The third kappa shape index (κ3) is 3.84. The van der Waals surface area contributed by atoms with E-state index in [2.05, 4.69) is 91.0 Å². The Bertz CT molecular complexity index is 1590. The van der Waals surface area contributed by atoms with E-state index < -0.39 is 0 Å². The van der Waals surface area contributed by atoms with Crippen molar-refractivity contribution in [3.8, 4) is 22.5 Å². The van der Waals surface area contributed by atoms with E-state index in [-0.39, 0.29) is 0 Å². The molecule has 2 aromatic heterocycles. The number of aromatic amines is 1. The highest BCUT2D eigenvalue weighted by molar-refractivity contribution is 9.10. The average Bonchev–Trinajstić information content (AvgIpc) is 3.29. The first-order valence-corrected chi connectivity index (χ1v) is 13.5. The molecule has 1 saturated carbocycles. The van der Waals surface area contributed by atoms with Crippen LogP contribution in [0, 0.1) is 11.8 Å². The van der Waals surface area contributed by atoms with Crippen molar-refractivity contribution in [2.75, 3.05) is 13.1 Å². The summed E-state index contributed by atoms with van der Waals surface area (Å²) in [5.74, 6) is 2.07. The van der Waals surface area contributed by atoms with E-state index in [1.807, 2.05) is 12.3 Å². The summed E-state index contributed by atoms with van der Waals surface area (Å²) in [6.07, 6.45) is 5.16. The summed E-state index contributed by atoms with van der Waals surface area (Å²) in [6.45, 7) is 2.58. The van der Waals surface area contributed by atoms with Gasteiger partial charge >= 0.3 is 0 Å². The predicted octanol–water partition coefficient (Wildman–Crippen LogP) is 6.87. The highest BCUT2D eigenvalue weighted by atomic mass is 79.9. The molecule has 2 fully saturated rings. The van der Waals surface area contributed by atoms with Crippen LogP contribution >= 0.6 is 15.9 Å². The minimum Gasteiger partial charge on any atom is -0.361 e. The number of amides is 1. The number of nitrogens with zero attached hydrogens (tertiary/aromatic N) is 3. The Morgan fingerprint density at radius 1 is 0.972 bits per heavy atom. The van der Waals surface area contributed by atoms with Gasteiger partial charge in [0.2, 0.25) is 5.91 Å². The van der Waals surface area contributed by atoms with Crippen molar-refractivity contribution in [1.82, 2.24) is 19.4 Å². The Kier molecular flexibility index (Phi) is 5.24. The minimum absolute atomic E-state index is 0.291. The van der Waals surface area contributed by atoms with Gasteiger partial charge in [-0.15, -0.1) is 0 Å². The zero-order chi connectivity index (χ0) is 24.2. The van der Waals surface area contributed by atoms with Gasteiger partial charge in [-0.05, 0) is 81.9 Å². The summed E-state index contributed by atoms with van der Waals surface area (Å²) < 4.78 is 3.41. The molecular weight excluding hydrogens is 512 g/mol. The van der Waals surface area contributed by atoms with Gasteiger partial charge in [0.25, 0.3) is 0 Å². The number of hydrogen-bond donors (Lipinski definition) is 1. The number of hydrogen-bond acceptors (Lipinski definition) is 2. The zero-order valence-corrected chi connectivity index (χ0v) is 21.5. The first kappa shape index (κ1) is 21.9. The molecule has 0 unspecified atom stereocenters. The summed E-state index contributed by atoms with van der Waals surface area (Å²) in [5.41, 5.74) is 6.74. The fourth-order valence-electron chi connectivity index (χ4n) is 5.61. The van der Waals surface area contributed by atoms with Crippen LogP contribution < -0.4 is 0 Å². The second kappa shape index (κ2) is 8.63. The summed E-state index contributed by atoms with van der Waals surface area (Å²) in [7, 11) is 0. The first-order valence-electron chi connectivity index (χ1n) is 12.8. The lowest BCUT2D eigenvalue weighted by molar-refractivity contribution is -0.131. The molecule has 5 aromatic rings. The highest BCUT2D eigenvalue weighted by Gasteiger charge is 2.36. The third-order valence-electron chi connectivity index (χ3n) is 7.71. The smallest absolute Gasteiger partial charge is 0.225 e. The quantitative estimate of drug-likeness (QED) is 0.265. The van der Waals surface area contributed by atoms with Crippen molar-refractivity contribution in [1.29, 1.82) is 0 Å².